The molecule has 6 aromatic carbocycles. The number of nitrogens with zero attached hydrogens (tertiary/aromatic N) is 2. The largest absolute Gasteiger partial charge is 0.309 e. The van der Waals surface area contributed by atoms with Crippen LogP contribution in [-0.2, 0) is 5.41 Å². The van der Waals surface area contributed by atoms with Crippen molar-refractivity contribution in [3.05, 3.63) is 168 Å². The number of halogens is 1. The van der Waals surface area contributed by atoms with Crippen LogP contribution in [0.5, 0.6) is 0 Å². The minimum atomic E-state index is 0.107. The first-order valence-corrected chi connectivity index (χ1v) is 16.9. The zero-order valence-electron chi connectivity index (χ0n) is 25.7. The maximum absolute atomic E-state index is 7.58. The highest BCUT2D eigenvalue weighted by atomic mass is 35.5. The van der Waals surface area contributed by atoms with Crippen LogP contribution >= 0.6 is 11.6 Å². The maximum Gasteiger partial charge on any atom is 0.0887 e. The summed E-state index contributed by atoms with van der Waals surface area (Å²) in [7, 11) is 0. The Kier molecular flexibility index (Phi) is 6.54. The van der Waals surface area contributed by atoms with Crippen molar-refractivity contribution in [3.63, 3.8) is 0 Å². The summed E-state index contributed by atoms with van der Waals surface area (Å²) in [5.74, 6) is 1.53. The Labute approximate surface area is 276 Å². The number of rotatable bonds is 6. The fourth-order valence-electron chi connectivity index (χ4n) is 8.96. The Morgan fingerprint density at radius 3 is 1.61 bits per heavy atom. The lowest BCUT2D eigenvalue weighted by atomic mass is 9.67. The van der Waals surface area contributed by atoms with Crippen LogP contribution in [-0.4, -0.2) is 0 Å². The van der Waals surface area contributed by atoms with Crippen molar-refractivity contribution in [2.45, 2.75) is 31.1 Å². The van der Waals surface area contributed by atoms with Crippen molar-refractivity contribution in [2.75, 3.05) is 9.80 Å². The number of hydrogen-bond acceptors (Lipinski definition) is 2. The molecule has 0 radical (unpaired) electrons. The van der Waals surface area contributed by atoms with E-state index in [1.165, 1.54) is 42.4 Å². The number of anilines is 6. The predicted octanol–water partition coefficient (Wildman–Crippen LogP) is 12.4. The number of fused-ring (bicyclic) bond motifs is 8. The summed E-state index contributed by atoms with van der Waals surface area (Å²) in [6.07, 6.45) is 5.31. The van der Waals surface area contributed by atoms with E-state index >= 15 is 0 Å². The third-order valence-electron chi connectivity index (χ3n) is 10.8. The second kappa shape index (κ2) is 10.9. The molecule has 0 aliphatic heterocycles. The van der Waals surface area contributed by atoms with Crippen molar-refractivity contribution >= 4 is 45.7 Å². The molecule has 2 nitrogen and oxygen atoms in total. The molecule has 2 fully saturated rings. The van der Waals surface area contributed by atoms with E-state index in [2.05, 4.69) is 161 Å². The summed E-state index contributed by atoms with van der Waals surface area (Å²) in [6.45, 7) is 0. The van der Waals surface area contributed by atoms with Gasteiger partial charge in [0.1, 0.15) is 0 Å². The highest BCUT2D eigenvalue weighted by Gasteiger charge is 2.56. The fourth-order valence-corrected chi connectivity index (χ4v) is 9.25. The number of hydrogen-bond donors (Lipinski definition) is 0. The Balaban J connectivity index is 1.23. The van der Waals surface area contributed by atoms with Crippen molar-refractivity contribution in [3.8, 4) is 11.1 Å². The summed E-state index contributed by atoms with van der Waals surface area (Å²) in [6, 6.07) is 54.4. The topological polar surface area (TPSA) is 6.48 Å². The molecule has 46 heavy (non-hydrogen) atoms. The molecule has 0 aromatic heterocycles. The third-order valence-corrected chi connectivity index (χ3v) is 11.2. The van der Waals surface area contributed by atoms with Gasteiger partial charge in [0.05, 0.1) is 16.4 Å². The molecule has 2 bridgehead atoms. The molecule has 1 spiro atoms. The van der Waals surface area contributed by atoms with E-state index in [0.717, 1.165) is 40.0 Å². The van der Waals surface area contributed by atoms with Gasteiger partial charge < -0.3 is 9.80 Å². The molecule has 3 heteroatoms. The minimum absolute atomic E-state index is 0.107. The van der Waals surface area contributed by atoms with Gasteiger partial charge >= 0.3 is 0 Å². The molecule has 6 aromatic rings. The molecule has 3 unspecified atom stereocenters. The normalized spacial score (nSPS) is 20.5. The molecule has 9 rings (SSSR count). The predicted molar refractivity (Wildman–Crippen MR) is 192 cm³/mol. The van der Waals surface area contributed by atoms with E-state index in [0.29, 0.717) is 10.9 Å². The molecule has 0 N–H and O–H groups in total. The Morgan fingerprint density at radius 2 is 1.04 bits per heavy atom. The zero-order chi connectivity index (χ0) is 30.7. The fraction of sp³-hybridized carbons (Fsp3) is 0.163. The number of benzene rings is 6. The van der Waals surface area contributed by atoms with Gasteiger partial charge in [-0.25, -0.2) is 0 Å². The van der Waals surface area contributed by atoms with Crippen LogP contribution in [0.25, 0.3) is 11.1 Å². The standard InChI is InChI=1S/C43H35ClN2/c44-42-40(45(32-13-4-1-5-14-32)33-15-6-2-7-16-33)21-12-22-41(42)46(34-17-8-3-9-18-34)35-25-26-37-36-19-10-11-20-38(36)43(39(37)28-35)29-30-23-24-31(43)27-30/h1-22,25-26,28,30-31H,23-24,27,29H2. The lowest BCUT2D eigenvalue weighted by Gasteiger charge is -2.37. The van der Waals surface area contributed by atoms with Gasteiger partial charge in [-0.1, -0.05) is 109 Å². The summed E-state index contributed by atoms with van der Waals surface area (Å²) >= 11 is 7.58. The Bertz CT molecular complexity index is 2000. The summed E-state index contributed by atoms with van der Waals surface area (Å²) in [5.41, 5.74) is 12.2. The third kappa shape index (κ3) is 4.17. The lowest BCUT2D eigenvalue weighted by Crippen LogP contribution is -2.32. The van der Waals surface area contributed by atoms with Gasteiger partial charge in [-0.3, -0.25) is 0 Å². The SMILES string of the molecule is Clc1c(N(c2ccccc2)c2ccccc2)cccc1N(c1ccccc1)c1ccc2c(c1)C1(CC3CCC1C3)c1ccccc1-2. The molecule has 0 amide bonds. The molecule has 3 aliphatic carbocycles. The van der Waals surface area contributed by atoms with Crippen LogP contribution in [0.4, 0.5) is 34.1 Å². The van der Waals surface area contributed by atoms with E-state index in [9.17, 15) is 0 Å². The van der Waals surface area contributed by atoms with Gasteiger partial charge in [0.15, 0.2) is 0 Å². The molecular weight excluding hydrogens is 580 g/mol. The van der Waals surface area contributed by atoms with Gasteiger partial charge in [-0.2, -0.15) is 0 Å². The molecule has 0 saturated heterocycles. The summed E-state index contributed by atoms with van der Waals surface area (Å²) < 4.78 is 0. The van der Waals surface area contributed by atoms with Gasteiger partial charge in [-0.05, 0) is 114 Å². The second-order valence-corrected chi connectivity index (χ2v) is 13.5. The Hall–Kier alpha value is -4.79. The number of para-hydroxylation sites is 3. The van der Waals surface area contributed by atoms with Crippen LogP contribution in [0, 0.1) is 11.8 Å². The van der Waals surface area contributed by atoms with Crippen molar-refractivity contribution in [2.24, 2.45) is 11.8 Å². The summed E-state index contributed by atoms with van der Waals surface area (Å²) in [5, 5.41) is 0.706. The first-order valence-electron chi connectivity index (χ1n) is 16.5. The monoisotopic (exact) mass is 614 g/mol. The van der Waals surface area contributed by atoms with E-state index < -0.39 is 0 Å². The quantitative estimate of drug-likeness (QED) is 0.184. The van der Waals surface area contributed by atoms with Gasteiger partial charge in [0.25, 0.3) is 0 Å². The smallest absolute Gasteiger partial charge is 0.0887 e. The van der Waals surface area contributed by atoms with Crippen LogP contribution in [0.15, 0.2) is 152 Å². The van der Waals surface area contributed by atoms with Crippen LogP contribution in [0.2, 0.25) is 5.02 Å². The van der Waals surface area contributed by atoms with Gasteiger partial charge in [0, 0.05) is 28.2 Å². The highest BCUT2D eigenvalue weighted by Crippen LogP contribution is 2.66. The van der Waals surface area contributed by atoms with Crippen LogP contribution in [0.3, 0.4) is 0 Å². The maximum atomic E-state index is 7.58. The average Bonchev–Trinajstić information content (AvgIpc) is 3.81. The van der Waals surface area contributed by atoms with E-state index in [1.54, 1.807) is 5.56 Å². The van der Waals surface area contributed by atoms with E-state index in [1.807, 2.05) is 0 Å². The summed E-state index contributed by atoms with van der Waals surface area (Å²) in [4.78, 5) is 4.60. The first-order chi connectivity index (χ1) is 22.7. The Morgan fingerprint density at radius 1 is 0.500 bits per heavy atom. The van der Waals surface area contributed by atoms with Crippen LogP contribution < -0.4 is 9.80 Å². The molecule has 3 aliphatic rings. The first kappa shape index (κ1) is 27.5. The van der Waals surface area contributed by atoms with Gasteiger partial charge in [0.2, 0.25) is 0 Å². The molecule has 3 atom stereocenters. The lowest BCUT2D eigenvalue weighted by molar-refractivity contribution is 0.327. The molecule has 0 heterocycles. The van der Waals surface area contributed by atoms with Crippen molar-refractivity contribution in [1.29, 1.82) is 0 Å². The van der Waals surface area contributed by atoms with Crippen LogP contribution in [0.1, 0.15) is 36.8 Å². The molecule has 2 saturated carbocycles. The minimum Gasteiger partial charge on any atom is -0.309 e. The zero-order valence-corrected chi connectivity index (χ0v) is 26.4. The van der Waals surface area contributed by atoms with Crippen molar-refractivity contribution in [1.82, 2.24) is 0 Å². The van der Waals surface area contributed by atoms with Gasteiger partial charge in [-0.15, -0.1) is 0 Å². The molecule has 224 valence electrons. The second-order valence-electron chi connectivity index (χ2n) is 13.1. The van der Waals surface area contributed by atoms with E-state index in [-0.39, 0.29) is 5.41 Å². The highest BCUT2D eigenvalue weighted by molar-refractivity contribution is 6.36. The van der Waals surface area contributed by atoms with Crippen molar-refractivity contribution < 1.29 is 0 Å². The molecular formula is C43H35ClN2. The van der Waals surface area contributed by atoms with E-state index in [4.69, 9.17) is 11.6 Å². The average molecular weight is 615 g/mol.